The van der Waals surface area contributed by atoms with Crippen LogP contribution in [0.2, 0.25) is 0 Å². The number of rotatable bonds is 3. The summed E-state index contributed by atoms with van der Waals surface area (Å²) in [5.74, 6) is 0.351. The van der Waals surface area contributed by atoms with Gasteiger partial charge in [0.05, 0.1) is 0 Å². The van der Waals surface area contributed by atoms with Gasteiger partial charge in [-0.15, -0.1) is 0 Å². The van der Waals surface area contributed by atoms with E-state index in [1.807, 2.05) is 0 Å². The highest BCUT2D eigenvalue weighted by atomic mass is 16.2. The van der Waals surface area contributed by atoms with Crippen molar-refractivity contribution in [2.75, 3.05) is 6.54 Å². The number of hydrogen-bond donors (Lipinski definition) is 0. The Morgan fingerprint density at radius 1 is 1.46 bits per heavy atom. The summed E-state index contributed by atoms with van der Waals surface area (Å²) in [6.45, 7) is 7.44. The molecule has 0 aromatic rings. The van der Waals surface area contributed by atoms with Crippen molar-refractivity contribution < 1.29 is 4.79 Å². The van der Waals surface area contributed by atoms with Crippen molar-refractivity contribution in [2.45, 2.75) is 58.4 Å². The second kappa shape index (κ2) is 4.12. The SMILES string of the molecule is CCCCC(=O)N1CCCC1(C)C. The standard InChI is InChI=1S/C11H21NO/c1-4-5-7-10(13)12-9-6-8-11(12,2)3/h4-9H2,1-3H3. The average molecular weight is 183 g/mol. The molecule has 0 N–H and O–H groups in total. The molecule has 0 atom stereocenters. The minimum Gasteiger partial charge on any atom is -0.338 e. The topological polar surface area (TPSA) is 20.3 Å². The average Bonchev–Trinajstić information content (AvgIpc) is 2.41. The Morgan fingerprint density at radius 2 is 2.15 bits per heavy atom. The van der Waals surface area contributed by atoms with Crippen LogP contribution in [0.15, 0.2) is 0 Å². The predicted octanol–water partition coefficient (Wildman–Crippen LogP) is 2.58. The smallest absolute Gasteiger partial charge is 0.223 e. The van der Waals surface area contributed by atoms with Crippen LogP contribution in [0.25, 0.3) is 0 Å². The van der Waals surface area contributed by atoms with Crippen molar-refractivity contribution in [3.05, 3.63) is 0 Å². The molecular weight excluding hydrogens is 162 g/mol. The van der Waals surface area contributed by atoms with Crippen molar-refractivity contribution in [3.63, 3.8) is 0 Å². The first-order valence-electron chi connectivity index (χ1n) is 5.38. The van der Waals surface area contributed by atoms with E-state index in [-0.39, 0.29) is 5.54 Å². The van der Waals surface area contributed by atoms with E-state index in [0.717, 1.165) is 32.2 Å². The third-order valence-corrected chi connectivity index (χ3v) is 2.95. The lowest BCUT2D eigenvalue weighted by atomic mass is 10.0. The summed E-state index contributed by atoms with van der Waals surface area (Å²) >= 11 is 0. The highest BCUT2D eigenvalue weighted by Crippen LogP contribution is 2.28. The van der Waals surface area contributed by atoms with E-state index in [4.69, 9.17) is 0 Å². The normalized spacial score (nSPS) is 20.7. The van der Waals surface area contributed by atoms with Gasteiger partial charge in [0.2, 0.25) is 5.91 Å². The van der Waals surface area contributed by atoms with Crippen molar-refractivity contribution in [1.82, 2.24) is 4.90 Å². The van der Waals surface area contributed by atoms with Gasteiger partial charge in [0, 0.05) is 18.5 Å². The minimum atomic E-state index is 0.116. The molecular formula is C11H21NO. The number of unbranched alkanes of at least 4 members (excludes halogenated alkanes) is 1. The third kappa shape index (κ3) is 2.45. The van der Waals surface area contributed by atoms with Crippen LogP contribution in [-0.4, -0.2) is 22.9 Å². The lowest BCUT2D eigenvalue weighted by molar-refractivity contribution is -0.134. The molecule has 2 nitrogen and oxygen atoms in total. The number of amides is 1. The zero-order valence-electron chi connectivity index (χ0n) is 9.10. The molecule has 0 aromatic heterocycles. The molecule has 0 aliphatic carbocycles. The van der Waals surface area contributed by atoms with Gasteiger partial charge >= 0.3 is 0 Å². The van der Waals surface area contributed by atoms with Gasteiger partial charge in [-0.25, -0.2) is 0 Å². The molecule has 1 aliphatic heterocycles. The van der Waals surface area contributed by atoms with E-state index < -0.39 is 0 Å². The lowest BCUT2D eigenvalue weighted by Gasteiger charge is -2.31. The maximum Gasteiger partial charge on any atom is 0.223 e. The Kier molecular flexibility index (Phi) is 3.34. The quantitative estimate of drug-likeness (QED) is 0.658. The zero-order valence-corrected chi connectivity index (χ0v) is 9.10. The highest BCUT2D eigenvalue weighted by Gasteiger charge is 2.34. The molecule has 1 heterocycles. The summed E-state index contributed by atoms with van der Waals surface area (Å²) in [7, 11) is 0. The van der Waals surface area contributed by atoms with Crippen LogP contribution in [0.3, 0.4) is 0 Å². The third-order valence-electron chi connectivity index (χ3n) is 2.95. The van der Waals surface area contributed by atoms with Crippen LogP contribution in [0.5, 0.6) is 0 Å². The van der Waals surface area contributed by atoms with Gasteiger partial charge in [0.1, 0.15) is 0 Å². The number of hydrogen-bond acceptors (Lipinski definition) is 1. The molecule has 0 saturated carbocycles. The molecule has 76 valence electrons. The van der Waals surface area contributed by atoms with Gasteiger partial charge in [-0.2, -0.15) is 0 Å². The second-order valence-corrected chi connectivity index (χ2v) is 4.56. The summed E-state index contributed by atoms with van der Waals surface area (Å²) in [6, 6.07) is 0. The Hall–Kier alpha value is -0.530. The van der Waals surface area contributed by atoms with Crippen LogP contribution in [0, 0.1) is 0 Å². The minimum absolute atomic E-state index is 0.116. The summed E-state index contributed by atoms with van der Waals surface area (Å²) in [4.78, 5) is 13.8. The molecule has 1 amide bonds. The number of carbonyl (C=O) groups excluding carboxylic acids is 1. The van der Waals surface area contributed by atoms with E-state index in [2.05, 4.69) is 25.7 Å². The first kappa shape index (κ1) is 10.6. The van der Waals surface area contributed by atoms with Gasteiger partial charge in [-0.1, -0.05) is 13.3 Å². The van der Waals surface area contributed by atoms with Crippen molar-refractivity contribution in [2.24, 2.45) is 0 Å². The maximum absolute atomic E-state index is 11.7. The summed E-state index contributed by atoms with van der Waals surface area (Å²) in [5.41, 5.74) is 0.116. The van der Waals surface area contributed by atoms with Crippen LogP contribution in [0.1, 0.15) is 52.9 Å². The Morgan fingerprint density at radius 3 is 2.62 bits per heavy atom. The van der Waals surface area contributed by atoms with Crippen LogP contribution in [-0.2, 0) is 4.79 Å². The van der Waals surface area contributed by atoms with E-state index in [1.165, 1.54) is 6.42 Å². The first-order valence-corrected chi connectivity index (χ1v) is 5.38. The highest BCUT2D eigenvalue weighted by molar-refractivity contribution is 5.77. The molecule has 1 rings (SSSR count). The fraction of sp³-hybridized carbons (Fsp3) is 0.909. The summed E-state index contributed by atoms with van der Waals surface area (Å²) in [6.07, 6.45) is 5.21. The molecule has 2 heteroatoms. The second-order valence-electron chi connectivity index (χ2n) is 4.56. The van der Waals surface area contributed by atoms with Crippen LogP contribution >= 0.6 is 0 Å². The maximum atomic E-state index is 11.7. The molecule has 1 aliphatic rings. The van der Waals surface area contributed by atoms with Gasteiger partial charge in [-0.3, -0.25) is 4.79 Å². The summed E-state index contributed by atoms with van der Waals surface area (Å²) in [5, 5.41) is 0. The first-order chi connectivity index (χ1) is 6.08. The predicted molar refractivity (Wildman–Crippen MR) is 54.6 cm³/mol. The van der Waals surface area contributed by atoms with Crippen molar-refractivity contribution >= 4 is 5.91 Å². The van der Waals surface area contributed by atoms with Gasteiger partial charge in [-0.05, 0) is 33.1 Å². The summed E-state index contributed by atoms with van der Waals surface area (Å²) < 4.78 is 0. The van der Waals surface area contributed by atoms with Gasteiger partial charge in [0.25, 0.3) is 0 Å². The van der Waals surface area contributed by atoms with Crippen molar-refractivity contribution in [3.8, 4) is 0 Å². The number of nitrogens with zero attached hydrogens (tertiary/aromatic N) is 1. The molecule has 1 fully saturated rings. The Balaban J connectivity index is 2.46. The number of carbonyl (C=O) groups is 1. The van der Waals surface area contributed by atoms with Gasteiger partial charge < -0.3 is 4.90 Å². The fourth-order valence-corrected chi connectivity index (χ4v) is 2.03. The van der Waals surface area contributed by atoms with E-state index in [0.29, 0.717) is 5.91 Å². The van der Waals surface area contributed by atoms with Crippen LogP contribution < -0.4 is 0 Å². The van der Waals surface area contributed by atoms with E-state index in [1.54, 1.807) is 0 Å². The molecule has 0 unspecified atom stereocenters. The molecule has 0 aromatic carbocycles. The zero-order chi connectivity index (χ0) is 9.90. The Bertz CT molecular complexity index is 187. The van der Waals surface area contributed by atoms with Crippen molar-refractivity contribution in [1.29, 1.82) is 0 Å². The fourth-order valence-electron chi connectivity index (χ4n) is 2.03. The van der Waals surface area contributed by atoms with E-state index in [9.17, 15) is 4.79 Å². The lowest BCUT2D eigenvalue weighted by Crippen LogP contribution is -2.42. The number of likely N-dealkylation sites (tertiary alicyclic amines) is 1. The molecule has 1 saturated heterocycles. The van der Waals surface area contributed by atoms with Gasteiger partial charge in [0.15, 0.2) is 0 Å². The molecule has 0 radical (unpaired) electrons. The largest absolute Gasteiger partial charge is 0.338 e. The van der Waals surface area contributed by atoms with E-state index >= 15 is 0 Å². The van der Waals surface area contributed by atoms with Crippen LogP contribution in [0.4, 0.5) is 0 Å². The molecule has 13 heavy (non-hydrogen) atoms. The monoisotopic (exact) mass is 183 g/mol. The molecule has 0 spiro atoms. The molecule has 0 bridgehead atoms. The Labute approximate surface area is 81.3 Å².